The van der Waals surface area contributed by atoms with Gasteiger partial charge in [-0.05, 0) is 12.0 Å². The van der Waals surface area contributed by atoms with E-state index in [2.05, 4.69) is 0 Å². The summed E-state index contributed by atoms with van der Waals surface area (Å²) in [5.41, 5.74) is 6.99. The third-order valence-electron chi connectivity index (χ3n) is 3.16. The lowest BCUT2D eigenvalue weighted by Crippen LogP contribution is -2.34. The van der Waals surface area contributed by atoms with Crippen molar-refractivity contribution >= 4 is 27.2 Å². The number of sulfonamides is 1. The first-order valence-corrected chi connectivity index (χ1v) is 8.45. The highest BCUT2D eigenvalue weighted by atomic mass is 32.2. The summed E-state index contributed by atoms with van der Waals surface area (Å²) in [5, 5.41) is 0. The summed E-state index contributed by atoms with van der Waals surface area (Å²) in [6.07, 6.45) is 0.736. The van der Waals surface area contributed by atoms with E-state index in [0.717, 1.165) is 17.5 Å². The van der Waals surface area contributed by atoms with E-state index in [1.807, 2.05) is 0 Å². The SMILES string of the molecule is NC(=S)c1ccc(CS(=O)(=O)N2CCCOCC2)cc1. The Morgan fingerprint density at radius 2 is 1.95 bits per heavy atom. The molecule has 5 nitrogen and oxygen atoms in total. The number of rotatable bonds is 4. The maximum atomic E-state index is 12.3. The predicted octanol–water partition coefficient (Wildman–Crippen LogP) is 0.873. The minimum atomic E-state index is -3.30. The second-order valence-electron chi connectivity index (χ2n) is 4.68. The van der Waals surface area contributed by atoms with E-state index in [1.165, 1.54) is 4.31 Å². The molecule has 1 aliphatic heterocycles. The third-order valence-corrected chi connectivity index (χ3v) is 5.25. The lowest BCUT2D eigenvalue weighted by Gasteiger charge is -2.19. The number of benzene rings is 1. The zero-order valence-corrected chi connectivity index (χ0v) is 12.8. The number of hydrogen-bond donors (Lipinski definition) is 1. The molecule has 1 heterocycles. The highest BCUT2D eigenvalue weighted by molar-refractivity contribution is 7.88. The van der Waals surface area contributed by atoms with Crippen LogP contribution in [0.25, 0.3) is 0 Å². The minimum Gasteiger partial charge on any atom is -0.389 e. The molecule has 0 atom stereocenters. The van der Waals surface area contributed by atoms with Crippen molar-refractivity contribution in [1.82, 2.24) is 4.31 Å². The van der Waals surface area contributed by atoms with Gasteiger partial charge >= 0.3 is 0 Å². The van der Waals surface area contributed by atoms with E-state index in [0.29, 0.717) is 31.3 Å². The predicted molar refractivity (Wildman–Crippen MR) is 82.0 cm³/mol. The lowest BCUT2D eigenvalue weighted by molar-refractivity contribution is 0.148. The summed E-state index contributed by atoms with van der Waals surface area (Å²) in [4.78, 5) is 0.309. The van der Waals surface area contributed by atoms with Crippen molar-refractivity contribution in [2.75, 3.05) is 26.3 Å². The molecule has 0 bridgehead atoms. The molecule has 20 heavy (non-hydrogen) atoms. The molecular weight excluding hydrogens is 296 g/mol. The fourth-order valence-electron chi connectivity index (χ4n) is 2.07. The van der Waals surface area contributed by atoms with Crippen LogP contribution in [0.15, 0.2) is 24.3 Å². The molecule has 0 unspecified atom stereocenters. The van der Waals surface area contributed by atoms with Gasteiger partial charge in [-0.25, -0.2) is 8.42 Å². The second kappa shape index (κ2) is 6.62. The molecule has 2 N–H and O–H groups in total. The molecule has 0 aromatic heterocycles. The van der Waals surface area contributed by atoms with Crippen LogP contribution in [0.4, 0.5) is 0 Å². The number of ether oxygens (including phenoxy) is 1. The van der Waals surface area contributed by atoms with Crippen LogP contribution in [-0.2, 0) is 20.5 Å². The van der Waals surface area contributed by atoms with Crippen molar-refractivity contribution in [2.24, 2.45) is 5.73 Å². The summed E-state index contributed by atoms with van der Waals surface area (Å²) in [5.74, 6) is -0.00931. The smallest absolute Gasteiger partial charge is 0.218 e. The molecule has 2 rings (SSSR count). The van der Waals surface area contributed by atoms with Gasteiger partial charge in [0.15, 0.2) is 0 Å². The van der Waals surface area contributed by atoms with Crippen LogP contribution >= 0.6 is 12.2 Å². The lowest BCUT2D eigenvalue weighted by atomic mass is 10.1. The Balaban J connectivity index is 2.08. The highest BCUT2D eigenvalue weighted by Gasteiger charge is 2.23. The summed E-state index contributed by atoms with van der Waals surface area (Å²) in [6.45, 7) is 2.02. The Hall–Kier alpha value is -1.02. The van der Waals surface area contributed by atoms with Crippen molar-refractivity contribution in [2.45, 2.75) is 12.2 Å². The Kier molecular flexibility index (Phi) is 5.09. The fraction of sp³-hybridized carbons (Fsp3) is 0.462. The molecule has 7 heteroatoms. The average molecular weight is 314 g/mol. The van der Waals surface area contributed by atoms with E-state index in [-0.39, 0.29) is 5.75 Å². The maximum Gasteiger partial charge on any atom is 0.218 e. The number of nitrogens with zero attached hydrogens (tertiary/aromatic N) is 1. The van der Waals surface area contributed by atoms with E-state index >= 15 is 0 Å². The summed E-state index contributed by atoms with van der Waals surface area (Å²) < 4.78 is 31.5. The van der Waals surface area contributed by atoms with Crippen molar-refractivity contribution in [3.05, 3.63) is 35.4 Å². The van der Waals surface area contributed by atoms with E-state index in [1.54, 1.807) is 24.3 Å². The number of nitrogens with two attached hydrogens (primary N) is 1. The van der Waals surface area contributed by atoms with Crippen molar-refractivity contribution in [3.8, 4) is 0 Å². The topological polar surface area (TPSA) is 72.6 Å². The van der Waals surface area contributed by atoms with Crippen LogP contribution < -0.4 is 5.73 Å². The fourth-order valence-corrected chi connectivity index (χ4v) is 3.76. The molecule has 0 amide bonds. The monoisotopic (exact) mass is 314 g/mol. The average Bonchev–Trinajstić information content (AvgIpc) is 2.68. The van der Waals surface area contributed by atoms with E-state index < -0.39 is 10.0 Å². The molecule has 1 aromatic rings. The normalized spacial score (nSPS) is 17.6. The van der Waals surface area contributed by atoms with Crippen LogP contribution in [0.5, 0.6) is 0 Å². The standard InChI is InChI=1S/C13H18N2O3S2/c14-13(19)12-4-2-11(3-5-12)10-20(16,17)15-6-1-8-18-9-7-15/h2-5H,1,6-10H2,(H2,14,19). The van der Waals surface area contributed by atoms with Gasteiger partial charge in [0.1, 0.15) is 4.99 Å². The van der Waals surface area contributed by atoms with Gasteiger partial charge < -0.3 is 10.5 Å². The molecular formula is C13H18N2O3S2. The summed E-state index contributed by atoms with van der Waals surface area (Å²) >= 11 is 4.87. The van der Waals surface area contributed by atoms with Gasteiger partial charge in [-0.2, -0.15) is 4.31 Å². The van der Waals surface area contributed by atoms with E-state index in [4.69, 9.17) is 22.7 Å². The molecule has 0 radical (unpaired) electrons. The molecule has 1 fully saturated rings. The van der Waals surface area contributed by atoms with Gasteiger partial charge in [0, 0.05) is 25.3 Å². The first kappa shape index (κ1) is 15.4. The molecule has 110 valence electrons. The van der Waals surface area contributed by atoms with Gasteiger partial charge in [-0.3, -0.25) is 0 Å². The number of hydrogen-bond acceptors (Lipinski definition) is 4. The van der Waals surface area contributed by atoms with Gasteiger partial charge in [0.25, 0.3) is 0 Å². The molecule has 0 aliphatic carbocycles. The zero-order chi connectivity index (χ0) is 14.6. The van der Waals surface area contributed by atoms with Crippen LogP contribution in [0.1, 0.15) is 17.5 Å². The Bertz CT molecular complexity index is 562. The van der Waals surface area contributed by atoms with Gasteiger partial charge in [0.05, 0.1) is 12.4 Å². The quantitative estimate of drug-likeness (QED) is 0.835. The van der Waals surface area contributed by atoms with Crippen LogP contribution in [0.3, 0.4) is 0 Å². The van der Waals surface area contributed by atoms with Crippen LogP contribution in [0, 0.1) is 0 Å². The first-order valence-electron chi connectivity index (χ1n) is 6.43. The van der Waals surface area contributed by atoms with Crippen molar-refractivity contribution in [3.63, 3.8) is 0 Å². The molecule has 1 saturated heterocycles. The van der Waals surface area contributed by atoms with Crippen molar-refractivity contribution < 1.29 is 13.2 Å². The minimum absolute atomic E-state index is 0.00931. The molecule has 1 aliphatic rings. The highest BCUT2D eigenvalue weighted by Crippen LogP contribution is 2.14. The Morgan fingerprint density at radius 1 is 1.25 bits per heavy atom. The summed E-state index contributed by atoms with van der Waals surface area (Å²) in [6, 6.07) is 7.00. The molecule has 1 aromatic carbocycles. The first-order chi connectivity index (χ1) is 9.49. The maximum absolute atomic E-state index is 12.3. The van der Waals surface area contributed by atoms with Crippen molar-refractivity contribution in [1.29, 1.82) is 0 Å². The Morgan fingerprint density at radius 3 is 2.60 bits per heavy atom. The van der Waals surface area contributed by atoms with Gasteiger partial charge in [0.2, 0.25) is 10.0 Å². The van der Waals surface area contributed by atoms with E-state index in [9.17, 15) is 8.42 Å². The zero-order valence-electron chi connectivity index (χ0n) is 11.1. The largest absolute Gasteiger partial charge is 0.389 e. The van der Waals surface area contributed by atoms with Gasteiger partial charge in [-0.1, -0.05) is 36.5 Å². The molecule has 0 saturated carbocycles. The second-order valence-corrected chi connectivity index (χ2v) is 7.09. The number of thiocarbonyl (C=S) groups is 1. The Labute approximate surface area is 124 Å². The molecule has 0 spiro atoms. The third kappa shape index (κ3) is 3.99. The van der Waals surface area contributed by atoms with Crippen LogP contribution in [-0.4, -0.2) is 44.0 Å². The van der Waals surface area contributed by atoms with Crippen LogP contribution in [0.2, 0.25) is 0 Å². The summed E-state index contributed by atoms with van der Waals surface area (Å²) in [7, 11) is -3.30. The van der Waals surface area contributed by atoms with Gasteiger partial charge in [-0.15, -0.1) is 0 Å².